The summed E-state index contributed by atoms with van der Waals surface area (Å²) in [6, 6.07) is 6.56. The molecule has 1 rings (SSSR count). The molecule has 0 saturated heterocycles. The quantitative estimate of drug-likeness (QED) is 0.480. The van der Waals surface area contributed by atoms with Crippen LogP contribution >= 0.6 is 0 Å². The molecule has 2 N–H and O–H groups in total. The van der Waals surface area contributed by atoms with Crippen molar-refractivity contribution >= 4 is 25.8 Å². The highest BCUT2D eigenvalue weighted by molar-refractivity contribution is 7.90. The highest BCUT2D eigenvalue weighted by Gasteiger charge is 2.16. The van der Waals surface area contributed by atoms with Crippen LogP contribution in [0.2, 0.25) is 0 Å². The van der Waals surface area contributed by atoms with E-state index in [2.05, 4.69) is 15.6 Å². The first-order valence-corrected chi connectivity index (χ1v) is 11.6. The lowest BCUT2D eigenvalue weighted by atomic mass is 10.2. The number of hydrogen-bond donors (Lipinski definition) is 2. The van der Waals surface area contributed by atoms with Crippen LogP contribution in [0.25, 0.3) is 0 Å². The zero-order chi connectivity index (χ0) is 20.0. The summed E-state index contributed by atoms with van der Waals surface area (Å²) in [5.41, 5.74) is 0.898. The number of sulfonamides is 1. The van der Waals surface area contributed by atoms with E-state index < -0.39 is 19.9 Å². The van der Waals surface area contributed by atoms with Crippen molar-refractivity contribution in [2.45, 2.75) is 30.8 Å². The lowest BCUT2D eigenvalue weighted by Gasteiger charge is -2.18. The molecule has 1 aromatic rings. The molecule has 26 heavy (non-hydrogen) atoms. The monoisotopic (exact) mass is 404 g/mol. The number of guanidine groups is 1. The van der Waals surface area contributed by atoms with Gasteiger partial charge < -0.3 is 10.6 Å². The summed E-state index contributed by atoms with van der Waals surface area (Å²) in [4.78, 5) is 4.35. The highest BCUT2D eigenvalue weighted by Crippen LogP contribution is 2.13. The lowest BCUT2D eigenvalue weighted by molar-refractivity contribution is 0.520. The predicted molar refractivity (Wildman–Crippen MR) is 104 cm³/mol. The number of benzene rings is 1. The van der Waals surface area contributed by atoms with E-state index in [0.717, 1.165) is 5.56 Å². The number of nitrogens with zero attached hydrogens (tertiary/aromatic N) is 2. The van der Waals surface area contributed by atoms with Crippen molar-refractivity contribution < 1.29 is 16.8 Å². The van der Waals surface area contributed by atoms with Gasteiger partial charge in [-0.15, -0.1) is 0 Å². The second-order valence-corrected chi connectivity index (χ2v) is 10.7. The van der Waals surface area contributed by atoms with E-state index in [1.165, 1.54) is 24.7 Å². The van der Waals surface area contributed by atoms with E-state index in [4.69, 9.17) is 0 Å². The van der Waals surface area contributed by atoms with Crippen molar-refractivity contribution in [3.8, 4) is 0 Å². The second-order valence-electron chi connectivity index (χ2n) is 6.32. The van der Waals surface area contributed by atoms with E-state index in [-0.39, 0.29) is 16.7 Å². The Morgan fingerprint density at radius 1 is 1.15 bits per heavy atom. The third-order valence-corrected chi connectivity index (χ3v) is 6.50. The fraction of sp³-hybridized carbons (Fsp3) is 0.562. The number of hydrogen-bond acceptors (Lipinski definition) is 5. The second kappa shape index (κ2) is 9.33. The Kier molecular flexibility index (Phi) is 8.04. The fourth-order valence-electron chi connectivity index (χ4n) is 2.07. The van der Waals surface area contributed by atoms with Crippen molar-refractivity contribution in [1.82, 2.24) is 14.9 Å². The maximum Gasteiger partial charge on any atom is 0.242 e. The van der Waals surface area contributed by atoms with E-state index >= 15 is 0 Å². The number of nitrogens with one attached hydrogen (secondary N) is 2. The van der Waals surface area contributed by atoms with Gasteiger partial charge in [-0.05, 0) is 31.0 Å². The molecule has 0 aromatic heterocycles. The maximum atomic E-state index is 12.0. The van der Waals surface area contributed by atoms with Gasteiger partial charge in [0.2, 0.25) is 10.0 Å². The topological polar surface area (TPSA) is 108 Å². The normalized spacial score (nSPS) is 14.3. The molecule has 148 valence electrons. The van der Waals surface area contributed by atoms with Gasteiger partial charge in [0, 0.05) is 40.0 Å². The minimum Gasteiger partial charge on any atom is -0.354 e. The fourth-order valence-corrected chi connectivity index (χ4v) is 3.75. The van der Waals surface area contributed by atoms with Crippen LogP contribution in [0.3, 0.4) is 0 Å². The predicted octanol–water partition coefficient (Wildman–Crippen LogP) is 0.425. The van der Waals surface area contributed by atoms with Gasteiger partial charge in [0.25, 0.3) is 0 Å². The summed E-state index contributed by atoms with van der Waals surface area (Å²) in [5.74, 6) is 0.663. The third-order valence-electron chi connectivity index (χ3n) is 3.69. The Morgan fingerprint density at radius 2 is 1.73 bits per heavy atom. The molecular formula is C16H28N4O4S2. The van der Waals surface area contributed by atoms with Crippen LogP contribution in [0.5, 0.6) is 0 Å². The van der Waals surface area contributed by atoms with Crippen LogP contribution in [-0.4, -0.2) is 66.3 Å². The van der Waals surface area contributed by atoms with Gasteiger partial charge in [0.15, 0.2) is 5.96 Å². The van der Waals surface area contributed by atoms with Crippen LogP contribution < -0.4 is 10.6 Å². The molecule has 0 aliphatic rings. The first-order valence-electron chi connectivity index (χ1n) is 8.12. The van der Waals surface area contributed by atoms with Crippen LogP contribution in [0.4, 0.5) is 0 Å². The molecule has 1 unspecified atom stereocenters. The zero-order valence-corrected chi connectivity index (χ0v) is 17.5. The van der Waals surface area contributed by atoms with Crippen LogP contribution in [0.15, 0.2) is 34.2 Å². The van der Waals surface area contributed by atoms with Crippen molar-refractivity contribution in [3.05, 3.63) is 29.8 Å². The molecule has 0 aliphatic heterocycles. The molecule has 0 fully saturated rings. The van der Waals surface area contributed by atoms with Crippen LogP contribution in [0.1, 0.15) is 18.9 Å². The first kappa shape index (κ1) is 22.4. The molecular weight excluding hydrogens is 376 g/mol. The van der Waals surface area contributed by atoms with Gasteiger partial charge in [-0.25, -0.2) is 21.1 Å². The zero-order valence-electron chi connectivity index (χ0n) is 15.9. The van der Waals surface area contributed by atoms with Crippen molar-refractivity contribution in [2.75, 3.05) is 33.2 Å². The number of rotatable bonds is 8. The molecule has 0 radical (unpaired) electrons. The molecule has 10 heteroatoms. The Balaban J connectivity index is 2.61. The Bertz CT molecular complexity index is 816. The van der Waals surface area contributed by atoms with Gasteiger partial charge >= 0.3 is 0 Å². The maximum absolute atomic E-state index is 12.0. The standard InChI is InChI=1S/C16H28N4O4S2/c1-13(10-11-25(5,21)22)19-16(17-2)18-12-14-6-8-15(9-7-14)26(23,24)20(3)4/h6-9,13H,10-12H2,1-5H3,(H2,17,18,19). The van der Waals surface area contributed by atoms with Crippen molar-refractivity contribution in [3.63, 3.8) is 0 Å². The average Bonchev–Trinajstić information content (AvgIpc) is 2.56. The third kappa shape index (κ3) is 7.30. The molecule has 0 saturated carbocycles. The van der Waals surface area contributed by atoms with Gasteiger partial charge in [0.1, 0.15) is 9.84 Å². The smallest absolute Gasteiger partial charge is 0.242 e. The minimum absolute atomic E-state index is 0.0523. The Labute approximate surface area is 156 Å². The summed E-state index contributed by atoms with van der Waals surface area (Å²) < 4.78 is 47.7. The van der Waals surface area contributed by atoms with E-state index in [1.807, 2.05) is 6.92 Å². The summed E-state index contributed by atoms with van der Waals surface area (Å²) in [6.45, 7) is 2.35. The number of sulfone groups is 1. The molecule has 1 aromatic carbocycles. The van der Waals surface area contributed by atoms with Crippen molar-refractivity contribution in [2.24, 2.45) is 4.99 Å². The molecule has 0 amide bonds. The minimum atomic E-state index is -3.44. The highest BCUT2D eigenvalue weighted by atomic mass is 32.2. The molecule has 8 nitrogen and oxygen atoms in total. The van der Waals surface area contributed by atoms with Crippen LogP contribution in [-0.2, 0) is 26.4 Å². The summed E-state index contributed by atoms with van der Waals surface area (Å²) >= 11 is 0. The molecule has 0 bridgehead atoms. The Hall–Kier alpha value is -1.65. The average molecular weight is 405 g/mol. The van der Waals surface area contributed by atoms with E-state index in [1.54, 1.807) is 31.3 Å². The van der Waals surface area contributed by atoms with Gasteiger partial charge in [0.05, 0.1) is 10.6 Å². The van der Waals surface area contributed by atoms with Crippen LogP contribution in [0, 0.1) is 0 Å². The SMILES string of the molecule is CN=C(NCc1ccc(S(=O)(=O)N(C)C)cc1)NC(C)CCS(C)(=O)=O. The summed E-state index contributed by atoms with van der Waals surface area (Å²) in [6.07, 6.45) is 1.70. The van der Waals surface area contributed by atoms with E-state index in [9.17, 15) is 16.8 Å². The van der Waals surface area contributed by atoms with E-state index in [0.29, 0.717) is 18.9 Å². The first-order chi connectivity index (χ1) is 12.0. The van der Waals surface area contributed by atoms with Gasteiger partial charge in [-0.1, -0.05) is 12.1 Å². The molecule has 0 heterocycles. The van der Waals surface area contributed by atoms with Gasteiger partial charge in [-0.3, -0.25) is 4.99 Å². The summed E-state index contributed by atoms with van der Waals surface area (Å²) in [7, 11) is -1.82. The Morgan fingerprint density at radius 3 is 2.19 bits per heavy atom. The van der Waals surface area contributed by atoms with Crippen molar-refractivity contribution in [1.29, 1.82) is 0 Å². The largest absolute Gasteiger partial charge is 0.354 e. The molecule has 1 atom stereocenters. The summed E-state index contributed by atoms with van der Waals surface area (Å²) in [5, 5.41) is 6.26. The molecule has 0 aliphatic carbocycles. The van der Waals surface area contributed by atoms with Gasteiger partial charge in [-0.2, -0.15) is 0 Å². The lowest BCUT2D eigenvalue weighted by Crippen LogP contribution is -2.42. The number of aliphatic imine (C=N–C) groups is 1. The molecule has 0 spiro atoms.